The van der Waals surface area contributed by atoms with Crippen molar-refractivity contribution in [2.45, 2.75) is 58.6 Å². The predicted molar refractivity (Wildman–Crippen MR) is 78.5 cm³/mol. The molecule has 0 aliphatic heterocycles. The van der Waals surface area contributed by atoms with Crippen LogP contribution in [0.4, 0.5) is 0 Å². The topological polar surface area (TPSA) is 34.2 Å². The summed E-state index contributed by atoms with van der Waals surface area (Å²) in [5.41, 5.74) is 1.28. The Morgan fingerprint density at radius 3 is 2.79 bits per heavy atom. The number of hydrogen-bond donors (Lipinski definition) is 1. The molecule has 0 bridgehead atoms. The van der Waals surface area contributed by atoms with E-state index in [0.717, 1.165) is 24.6 Å². The van der Waals surface area contributed by atoms with Gasteiger partial charge in [0.1, 0.15) is 5.75 Å². The van der Waals surface area contributed by atoms with Gasteiger partial charge >= 0.3 is 0 Å². The molecule has 0 aromatic carbocycles. The highest BCUT2D eigenvalue weighted by molar-refractivity contribution is 5.24. The van der Waals surface area contributed by atoms with Gasteiger partial charge in [-0.1, -0.05) is 6.92 Å². The molecule has 2 rings (SSSR count). The maximum absolute atomic E-state index is 5.69. The van der Waals surface area contributed by atoms with E-state index in [1.165, 1.54) is 24.8 Å². The van der Waals surface area contributed by atoms with Gasteiger partial charge in [0.05, 0.1) is 12.3 Å². The standard InChI is InChI=1S/C16H26N2O/c1-4-18-16(14-6-7-14)8-5-13-9-15(11-17-10-13)19-12(2)3/h9-12,14,16,18H,4-8H2,1-3H3. The number of nitrogens with zero attached hydrogens (tertiary/aromatic N) is 1. The van der Waals surface area contributed by atoms with Crippen molar-refractivity contribution in [1.29, 1.82) is 0 Å². The SMILES string of the molecule is CCNC(CCc1cncc(OC(C)C)c1)C1CC1. The molecule has 19 heavy (non-hydrogen) atoms. The van der Waals surface area contributed by atoms with Crippen molar-refractivity contribution >= 4 is 0 Å². The molecular formula is C16H26N2O. The van der Waals surface area contributed by atoms with Gasteiger partial charge < -0.3 is 10.1 Å². The van der Waals surface area contributed by atoms with Crippen molar-refractivity contribution < 1.29 is 4.74 Å². The first-order valence-corrected chi connectivity index (χ1v) is 7.53. The fourth-order valence-electron chi connectivity index (χ4n) is 2.52. The van der Waals surface area contributed by atoms with Crippen LogP contribution in [0, 0.1) is 5.92 Å². The van der Waals surface area contributed by atoms with Crippen LogP contribution in [-0.2, 0) is 6.42 Å². The number of pyridine rings is 1. The molecule has 106 valence electrons. The van der Waals surface area contributed by atoms with E-state index in [2.05, 4.69) is 23.3 Å². The van der Waals surface area contributed by atoms with Crippen molar-refractivity contribution in [3.05, 3.63) is 24.0 Å². The van der Waals surface area contributed by atoms with Gasteiger partial charge in [0.25, 0.3) is 0 Å². The quantitative estimate of drug-likeness (QED) is 0.781. The van der Waals surface area contributed by atoms with Crippen molar-refractivity contribution in [1.82, 2.24) is 10.3 Å². The number of rotatable bonds is 8. The first-order chi connectivity index (χ1) is 9.19. The molecule has 0 radical (unpaired) electrons. The highest BCUT2D eigenvalue weighted by atomic mass is 16.5. The molecule has 3 heteroatoms. The highest BCUT2D eigenvalue weighted by Crippen LogP contribution is 2.34. The summed E-state index contributed by atoms with van der Waals surface area (Å²) in [7, 11) is 0. The third-order valence-electron chi connectivity index (χ3n) is 3.54. The summed E-state index contributed by atoms with van der Waals surface area (Å²) in [4.78, 5) is 4.28. The molecular weight excluding hydrogens is 236 g/mol. The fraction of sp³-hybridized carbons (Fsp3) is 0.688. The largest absolute Gasteiger partial charge is 0.489 e. The lowest BCUT2D eigenvalue weighted by Crippen LogP contribution is -2.31. The van der Waals surface area contributed by atoms with Gasteiger partial charge in [-0.25, -0.2) is 0 Å². The predicted octanol–water partition coefficient (Wildman–Crippen LogP) is 3.19. The van der Waals surface area contributed by atoms with Gasteiger partial charge in [-0.2, -0.15) is 0 Å². The van der Waals surface area contributed by atoms with Crippen LogP contribution in [0.3, 0.4) is 0 Å². The lowest BCUT2D eigenvalue weighted by molar-refractivity contribution is 0.241. The second kappa shape index (κ2) is 6.90. The van der Waals surface area contributed by atoms with Crippen LogP contribution in [-0.4, -0.2) is 23.7 Å². The van der Waals surface area contributed by atoms with Crippen LogP contribution in [0.15, 0.2) is 18.5 Å². The Labute approximate surface area is 116 Å². The van der Waals surface area contributed by atoms with Gasteiger partial charge in [-0.15, -0.1) is 0 Å². The molecule has 0 saturated heterocycles. The van der Waals surface area contributed by atoms with Gasteiger partial charge in [-0.05, 0) is 63.6 Å². The molecule has 1 unspecified atom stereocenters. The van der Waals surface area contributed by atoms with Crippen LogP contribution < -0.4 is 10.1 Å². The van der Waals surface area contributed by atoms with E-state index in [0.29, 0.717) is 6.04 Å². The number of ether oxygens (including phenoxy) is 1. The first kappa shape index (κ1) is 14.3. The van der Waals surface area contributed by atoms with Crippen LogP contribution in [0.25, 0.3) is 0 Å². The Balaban J connectivity index is 1.87. The number of nitrogens with one attached hydrogen (secondary N) is 1. The van der Waals surface area contributed by atoms with E-state index in [9.17, 15) is 0 Å². The Morgan fingerprint density at radius 2 is 2.16 bits per heavy atom. The average molecular weight is 262 g/mol. The Bertz CT molecular complexity index is 388. The van der Waals surface area contributed by atoms with Crippen LogP contribution in [0.2, 0.25) is 0 Å². The number of hydrogen-bond acceptors (Lipinski definition) is 3. The van der Waals surface area contributed by atoms with Gasteiger partial charge in [0.15, 0.2) is 0 Å². The second-order valence-electron chi connectivity index (χ2n) is 5.74. The lowest BCUT2D eigenvalue weighted by Gasteiger charge is -2.17. The molecule has 1 atom stereocenters. The van der Waals surface area contributed by atoms with Crippen LogP contribution >= 0.6 is 0 Å². The highest BCUT2D eigenvalue weighted by Gasteiger charge is 2.29. The monoisotopic (exact) mass is 262 g/mol. The zero-order chi connectivity index (χ0) is 13.7. The summed E-state index contributed by atoms with van der Waals surface area (Å²) >= 11 is 0. The zero-order valence-electron chi connectivity index (χ0n) is 12.4. The van der Waals surface area contributed by atoms with Crippen molar-refractivity contribution in [3.8, 4) is 5.75 Å². The van der Waals surface area contributed by atoms with Crippen LogP contribution in [0.1, 0.15) is 45.6 Å². The smallest absolute Gasteiger partial charge is 0.138 e. The Morgan fingerprint density at radius 1 is 1.37 bits per heavy atom. The second-order valence-corrected chi connectivity index (χ2v) is 5.74. The molecule has 0 amide bonds. The van der Waals surface area contributed by atoms with Crippen molar-refractivity contribution in [2.24, 2.45) is 5.92 Å². The third-order valence-corrected chi connectivity index (χ3v) is 3.54. The molecule has 1 heterocycles. The average Bonchev–Trinajstić information content (AvgIpc) is 3.18. The third kappa shape index (κ3) is 4.83. The fourth-order valence-corrected chi connectivity index (χ4v) is 2.52. The molecule has 1 saturated carbocycles. The Hall–Kier alpha value is -1.09. The van der Waals surface area contributed by atoms with Gasteiger partial charge in [0, 0.05) is 12.2 Å². The van der Waals surface area contributed by atoms with Gasteiger partial charge in [-0.3, -0.25) is 4.98 Å². The maximum atomic E-state index is 5.69. The van der Waals surface area contributed by atoms with E-state index in [4.69, 9.17) is 4.74 Å². The zero-order valence-corrected chi connectivity index (χ0v) is 12.4. The minimum Gasteiger partial charge on any atom is -0.489 e. The normalized spacial score (nSPS) is 16.6. The molecule has 1 fully saturated rings. The summed E-state index contributed by atoms with van der Waals surface area (Å²) in [6, 6.07) is 2.81. The number of aromatic nitrogens is 1. The molecule has 0 spiro atoms. The van der Waals surface area contributed by atoms with Crippen molar-refractivity contribution in [2.75, 3.05) is 6.54 Å². The molecule has 1 aromatic heterocycles. The van der Waals surface area contributed by atoms with E-state index in [1.807, 2.05) is 20.0 Å². The summed E-state index contributed by atoms with van der Waals surface area (Å²) in [5.74, 6) is 1.79. The van der Waals surface area contributed by atoms with E-state index < -0.39 is 0 Å². The summed E-state index contributed by atoms with van der Waals surface area (Å²) in [6.07, 6.45) is 9.04. The lowest BCUT2D eigenvalue weighted by atomic mass is 10.0. The van der Waals surface area contributed by atoms with E-state index in [-0.39, 0.29) is 6.10 Å². The minimum absolute atomic E-state index is 0.207. The molecule has 1 aliphatic rings. The molecule has 3 nitrogen and oxygen atoms in total. The minimum atomic E-state index is 0.207. The van der Waals surface area contributed by atoms with Crippen molar-refractivity contribution in [3.63, 3.8) is 0 Å². The van der Waals surface area contributed by atoms with Crippen LogP contribution in [0.5, 0.6) is 5.75 Å². The van der Waals surface area contributed by atoms with E-state index >= 15 is 0 Å². The molecule has 1 N–H and O–H groups in total. The van der Waals surface area contributed by atoms with E-state index in [1.54, 1.807) is 6.20 Å². The first-order valence-electron chi connectivity index (χ1n) is 7.53. The summed E-state index contributed by atoms with van der Waals surface area (Å²) < 4.78 is 5.69. The Kier molecular flexibility index (Phi) is 5.20. The summed E-state index contributed by atoms with van der Waals surface area (Å²) in [5, 5.41) is 3.61. The molecule has 1 aliphatic carbocycles. The van der Waals surface area contributed by atoms with Gasteiger partial charge in [0.2, 0.25) is 0 Å². The maximum Gasteiger partial charge on any atom is 0.138 e. The summed E-state index contributed by atoms with van der Waals surface area (Å²) in [6.45, 7) is 7.34. The number of aryl methyl sites for hydroxylation is 1. The molecule has 1 aromatic rings.